The summed E-state index contributed by atoms with van der Waals surface area (Å²) in [7, 11) is 0. The molecule has 4 aromatic rings. The van der Waals surface area contributed by atoms with E-state index in [1.165, 1.54) is 28.8 Å². The number of anilines is 2. The number of halogens is 3. The highest BCUT2D eigenvalue weighted by Crippen LogP contribution is 2.55. The van der Waals surface area contributed by atoms with Crippen LogP contribution in [0.25, 0.3) is 0 Å². The molecule has 3 aromatic carbocycles. The summed E-state index contributed by atoms with van der Waals surface area (Å²) < 4.78 is 1.31. The van der Waals surface area contributed by atoms with Crippen molar-refractivity contribution in [2.24, 2.45) is 5.92 Å². The van der Waals surface area contributed by atoms with Crippen molar-refractivity contribution in [1.29, 1.82) is 0 Å². The maximum Gasteiger partial charge on any atom is 0.308 e. The Morgan fingerprint density at radius 2 is 1.63 bits per heavy atom. The molecule has 2 N–H and O–H groups in total. The third-order valence-electron chi connectivity index (χ3n) is 6.90. The molecule has 6 rings (SSSR count). The molecule has 0 bridgehead atoms. The lowest BCUT2D eigenvalue weighted by Crippen LogP contribution is -2.33. The number of thioether (sulfide) groups is 1. The Morgan fingerprint density at radius 3 is 2.34 bits per heavy atom. The predicted octanol–water partition coefficient (Wildman–Crippen LogP) is 6.01. The number of phenolic OH excluding ortho intramolecular Hbond substituents is 1. The third kappa shape index (κ3) is 4.93. The molecule has 2 aliphatic rings. The molecule has 41 heavy (non-hydrogen) atoms. The number of rotatable bonds is 5. The Labute approximate surface area is 256 Å². The average molecular weight is 647 g/mol. The van der Waals surface area contributed by atoms with Crippen molar-refractivity contribution in [3.05, 3.63) is 102 Å². The number of nitrogens with zero attached hydrogens (tertiary/aromatic N) is 2. The van der Waals surface area contributed by atoms with Crippen LogP contribution in [-0.4, -0.2) is 32.6 Å². The highest BCUT2D eigenvalue weighted by Gasteiger charge is 2.57. The molecule has 208 valence electrons. The van der Waals surface area contributed by atoms with Gasteiger partial charge in [-0.05, 0) is 60.2 Å². The Morgan fingerprint density at radius 1 is 0.927 bits per heavy atom. The van der Waals surface area contributed by atoms with E-state index < -0.39 is 39.7 Å². The highest BCUT2D eigenvalue weighted by molar-refractivity contribution is 8.00. The fourth-order valence-electron chi connectivity index (χ4n) is 5.08. The number of hydrogen-bond donors (Lipinski definition) is 2. The number of imide groups is 1. The molecule has 2 aliphatic heterocycles. The fourth-order valence-corrected chi connectivity index (χ4v) is 8.40. The first kappa shape index (κ1) is 27.9. The Hall–Kier alpha value is -3.28. The van der Waals surface area contributed by atoms with Gasteiger partial charge < -0.3 is 10.4 Å². The molecular weight excluding hydrogens is 629 g/mol. The third-order valence-corrected chi connectivity index (χ3v) is 10.6. The smallest absolute Gasteiger partial charge is 0.308 e. The number of hydrogen-bond acceptors (Lipinski definition) is 7. The van der Waals surface area contributed by atoms with Crippen molar-refractivity contribution < 1.29 is 19.5 Å². The second kappa shape index (κ2) is 10.8. The number of aromatic hydroxyl groups is 1. The Balaban J connectivity index is 1.43. The van der Waals surface area contributed by atoms with Gasteiger partial charge in [0.2, 0.25) is 17.7 Å². The van der Waals surface area contributed by atoms with E-state index in [-0.39, 0.29) is 22.3 Å². The zero-order chi connectivity index (χ0) is 29.0. The van der Waals surface area contributed by atoms with Crippen LogP contribution in [0.2, 0.25) is 15.1 Å². The fraction of sp³-hybridized carbons (Fsp3) is 0.143. The number of carbonyl (C=O) groups excluding carboxylic acids is 3. The van der Waals surface area contributed by atoms with Gasteiger partial charge in [-0.2, -0.15) is 0 Å². The standard InChI is InChI=1S/C28H18Cl3N3O5S2/c29-13-4-8-15(9-5-13)34-25(37)21-20(17-2-1-3-18(30)22(17)31)24-27(40-23(21)26(34)38)33(28(39)41-24)12-19(36)32-14-6-10-16(35)11-7-14/h1-11,20-21,23,35H,12H2,(H,32,36)/t20-,21?,23?/m1/s1. The zero-order valence-corrected chi connectivity index (χ0v) is 24.6. The second-order valence-corrected chi connectivity index (χ2v) is 12.7. The molecule has 3 heterocycles. The molecule has 1 fully saturated rings. The molecule has 2 unspecified atom stereocenters. The van der Waals surface area contributed by atoms with E-state index in [1.54, 1.807) is 42.5 Å². The maximum atomic E-state index is 13.9. The first-order valence-electron chi connectivity index (χ1n) is 12.2. The van der Waals surface area contributed by atoms with Gasteiger partial charge in [0, 0.05) is 21.5 Å². The number of thiazole rings is 1. The molecule has 3 atom stereocenters. The van der Waals surface area contributed by atoms with Gasteiger partial charge in [-0.25, -0.2) is 4.90 Å². The molecule has 1 aromatic heterocycles. The lowest BCUT2D eigenvalue weighted by molar-refractivity contribution is -0.122. The topological polar surface area (TPSA) is 109 Å². The molecule has 3 amide bonds. The van der Waals surface area contributed by atoms with E-state index in [0.29, 0.717) is 31.9 Å². The molecule has 0 aliphatic carbocycles. The van der Waals surface area contributed by atoms with Gasteiger partial charge in [-0.15, -0.1) is 0 Å². The number of benzene rings is 3. The van der Waals surface area contributed by atoms with E-state index in [2.05, 4.69) is 5.32 Å². The number of aromatic nitrogens is 1. The summed E-state index contributed by atoms with van der Waals surface area (Å²) in [4.78, 5) is 55.2. The number of amides is 3. The van der Waals surface area contributed by atoms with Crippen LogP contribution >= 0.6 is 57.9 Å². The summed E-state index contributed by atoms with van der Waals surface area (Å²) in [6.45, 7) is -0.324. The molecule has 8 nitrogen and oxygen atoms in total. The summed E-state index contributed by atoms with van der Waals surface area (Å²) in [6, 6.07) is 17.4. The van der Waals surface area contributed by atoms with Gasteiger partial charge in [0.1, 0.15) is 17.5 Å². The first-order valence-corrected chi connectivity index (χ1v) is 15.0. The van der Waals surface area contributed by atoms with Crippen LogP contribution in [0.1, 0.15) is 16.4 Å². The first-order chi connectivity index (χ1) is 19.6. The van der Waals surface area contributed by atoms with Crippen LogP contribution in [0, 0.1) is 5.92 Å². The quantitative estimate of drug-likeness (QED) is 0.203. The minimum absolute atomic E-state index is 0.0474. The highest BCUT2D eigenvalue weighted by atomic mass is 35.5. The van der Waals surface area contributed by atoms with E-state index in [9.17, 15) is 24.3 Å². The molecule has 1 saturated heterocycles. The summed E-state index contributed by atoms with van der Waals surface area (Å²) in [5, 5.41) is 12.7. The van der Waals surface area contributed by atoms with E-state index in [4.69, 9.17) is 34.8 Å². The van der Waals surface area contributed by atoms with Gasteiger partial charge >= 0.3 is 4.87 Å². The van der Waals surface area contributed by atoms with Gasteiger partial charge in [-0.3, -0.25) is 23.7 Å². The van der Waals surface area contributed by atoms with Crippen molar-refractivity contribution in [3.63, 3.8) is 0 Å². The normalized spacial score (nSPS) is 19.7. The van der Waals surface area contributed by atoms with Gasteiger partial charge in [0.25, 0.3) is 0 Å². The minimum atomic E-state index is -0.883. The van der Waals surface area contributed by atoms with E-state index in [0.717, 1.165) is 28.0 Å². The Kier molecular flexibility index (Phi) is 7.37. The zero-order valence-electron chi connectivity index (χ0n) is 20.7. The summed E-state index contributed by atoms with van der Waals surface area (Å²) in [5.41, 5.74) is 1.33. The molecule has 0 saturated carbocycles. The van der Waals surface area contributed by atoms with Crippen molar-refractivity contribution in [1.82, 2.24) is 4.57 Å². The lowest BCUT2D eigenvalue weighted by atomic mass is 9.83. The molecular formula is C28H18Cl3N3O5S2. The number of fused-ring (bicyclic) bond motifs is 2. The largest absolute Gasteiger partial charge is 0.508 e. The van der Waals surface area contributed by atoms with Crippen LogP contribution in [-0.2, 0) is 20.9 Å². The van der Waals surface area contributed by atoms with Crippen LogP contribution in [0.3, 0.4) is 0 Å². The van der Waals surface area contributed by atoms with Crippen molar-refractivity contribution in [2.45, 2.75) is 22.7 Å². The molecule has 0 spiro atoms. The van der Waals surface area contributed by atoms with E-state index >= 15 is 0 Å². The van der Waals surface area contributed by atoms with Crippen LogP contribution < -0.4 is 15.1 Å². The summed E-state index contributed by atoms with van der Waals surface area (Å²) in [5.74, 6) is -2.93. The molecule has 0 radical (unpaired) electrons. The second-order valence-electron chi connectivity index (χ2n) is 9.39. The monoisotopic (exact) mass is 645 g/mol. The van der Waals surface area contributed by atoms with Crippen LogP contribution in [0.15, 0.2) is 76.6 Å². The number of phenols is 1. The summed E-state index contributed by atoms with van der Waals surface area (Å²) >= 11 is 21.0. The summed E-state index contributed by atoms with van der Waals surface area (Å²) in [6.07, 6.45) is 0. The maximum absolute atomic E-state index is 13.9. The van der Waals surface area contributed by atoms with Crippen LogP contribution in [0.5, 0.6) is 5.75 Å². The number of nitrogens with one attached hydrogen (secondary N) is 1. The SMILES string of the molecule is O=C(Cn1c2c(sc1=O)[C@H](c1cccc(Cl)c1Cl)C1C(=O)N(c3ccc(Cl)cc3)C(=O)C1S2)Nc1ccc(O)cc1. The Bertz CT molecular complexity index is 1770. The van der Waals surface area contributed by atoms with Crippen molar-refractivity contribution in [2.75, 3.05) is 10.2 Å². The molecule has 13 heteroatoms. The van der Waals surface area contributed by atoms with Crippen molar-refractivity contribution in [3.8, 4) is 5.75 Å². The van der Waals surface area contributed by atoms with Crippen molar-refractivity contribution >= 4 is 87.0 Å². The van der Waals surface area contributed by atoms with E-state index in [1.807, 2.05) is 0 Å². The lowest BCUT2D eigenvalue weighted by Gasteiger charge is -2.31. The predicted molar refractivity (Wildman–Crippen MR) is 161 cm³/mol. The van der Waals surface area contributed by atoms with Crippen LogP contribution in [0.4, 0.5) is 11.4 Å². The number of carbonyl (C=O) groups is 3. The van der Waals surface area contributed by atoms with Gasteiger partial charge in [0.15, 0.2) is 0 Å². The van der Waals surface area contributed by atoms with Gasteiger partial charge in [-0.1, -0.05) is 70.0 Å². The van der Waals surface area contributed by atoms with Gasteiger partial charge in [0.05, 0.1) is 26.7 Å². The average Bonchev–Trinajstić information content (AvgIpc) is 3.38. The minimum Gasteiger partial charge on any atom is -0.508 e.